The molecule has 0 aliphatic heterocycles. The largest absolute Gasteiger partial charge is 0.393 e. The second kappa shape index (κ2) is 10.5. The monoisotopic (exact) mass is 519 g/mol. The number of hydrogen-bond donors (Lipinski definition) is 3. The summed E-state index contributed by atoms with van der Waals surface area (Å²) in [6.45, 7) is 0. The summed E-state index contributed by atoms with van der Waals surface area (Å²) in [5, 5.41) is 19.7. The van der Waals surface area contributed by atoms with E-state index in [0.29, 0.717) is 30.6 Å². The fourth-order valence-corrected chi connectivity index (χ4v) is 4.56. The van der Waals surface area contributed by atoms with Crippen LogP contribution < -0.4 is 10.6 Å². The number of aliphatic hydroxyl groups excluding tert-OH is 1. The minimum Gasteiger partial charge on any atom is -0.393 e. The van der Waals surface area contributed by atoms with E-state index >= 15 is 0 Å². The van der Waals surface area contributed by atoms with Gasteiger partial charge in [-0.25, -0.2) is 9.07 Å². The minimum absolute atomic E-state index is 0.0375. The summed E-state index contributed by atoms with van der Waals surface area (Å²) in [7, 11) is 0. The van der Waals surface area contributed by atoms with Gasteiger partial charge in [0, 0.05) is 23.9 Å². The number of pyridine rings is 1. The Labute approximate surface area is 217 Å². The third-order valence-electron chi connectivity index (χ3n) is 6.17. The molecule has 2 atom stereocenters. The van der Waals surface area contributed by atoms with Crippen molar-refractivity contribution in [3.63, 3.8) is 0 Å². The quantitative estimate of drug-likeness (QED) is 0.344. The minimum atomic E-state index is -0.606. The second-order valence-corrected chi connectivity index (χ2v) is 9.19. The molecule has 0 spiro atoms. The number of aromatic nitrogens is 3. The lowest BCUT2D eigenvalue weighted by Crippen LogP contribution is -2.33. The van der Waals surface area contributed by atoms with Gasteiger partial charge in [0.05, 0.1) is 28.1 Å². The molecule has 2 amide bonds. The first-order valence-electron chi connectivity index (χ1n) is 11.8. The number of benzene rings is 2. The molecule has 0 bridgehead atoms. The van der Waals surface area contributed by atoms with Gasteiger partial charge in [-0.2, -0.15) is 5.10 Å². The van der Waals surface area contributed by atoms with Crippen LogP contribution >= 0.6 is 11.6 Å². The first-order chi connectivity index (χ1) is 17.9. The van der Waals surface area contributed by atoms with Crippen molar-refractivity contribution in [2.75, 3.05) is 5.32 Å². The van der Waals surface area contributed by atoms with E-state index in [1.54, 1.807) is 42.5 Å². The summed E-state index contributed by atoms with van der Waals surface area (Å²) in [4.78, 5) is 30.4. The molecule has 0 unspecified atom stereocenters. The molecule has 3 N–H and O–H groups in total. The zero-order chi connectivity index (χ0) is 25.9. The molecule has 37 heavy (non-hydrogen) atoms. The number of rotatable bonds is 6. The fraction of sp³-hybridized carbons (Fsp3) is 0.185. The van der Waals surface area contributed by atoms with Crippen LogP contribution in [0.15, 0.2) is 72.9 Å². The standard InChI is InChI=1S/C27H23ClFN5O3/c28-21-14-22(29)20(23-8-4-5-11-30-23)13-19(21)26(36)32-25-15-24(27(37)31-16-9-10-18(35)12-16)33-34(25)17-6-2-1-3-7-17/h1-8,11,13-16,18,35H,9-10,12H2,(H,31,37)(H,32,36)/t16-,18+/m0/s1. The summed E-state index contributed by atoms with van der Waals surface area (Å²) in [6.07, 6.45) is 2.89. The number of hydrogen-bond acceptors (Lipinski definition) is 5. The van der Waals surface area contributed by atoms with Gasteiger partial charge in [-0.3, -0.25) is 14.6 Å². The Morgan fingerprint density at radius 1 is 1.03 bits per heavy atom. The van der Waals surface area contributed by atoms with Crippen LogP contribution in [0.25, 0.3) is 16.9 Å². The molecule has 1 saturated carbocycles. The predicted octanol–water partition coefficient (Wildman–Crippen LogP) is 4.62. The van der Waals surface area contributed by atoms with Crippen molar-refractivity contribution in [1.29, 1.82) is 0 Å². The Kier molecular flexibility index (Phi) is 6.98. The molecule has 8 nitrogen and oxygen atoms in total. The van der Waals surface area contributed by atoms with E-state index in [9.17, 15) is 19.1 Å². The molecule has 1 aliphatic rings. The van der Waals surface area contributed by atoms with Crippen LogP contribution in [-0.2, 0) is 0 Å². The van der Waals surface area contributed by atoms with Gasteiger partial charge in [0.25, 0.3) is 11.8 Å². The number of nitrogens with zero attached hydrogens (tertiary/aromatic N) is 3. The van der Waals surface area contributed by atoms with Gasteiger partial charge in [-0.1, -0.05) is 35.9 Å². The van der Waals surface area contributed by atoms with Crippen LogP contribution in [0.3, 0.4) is 0 Å². The molecule has 10 heteroatoms. The highest BCUT2D eigenvalue weighted by atomic mass is 35.5. The summed E-state index contributed by atoms with van der Waals surface area (Å²) in [6, 6.07) is 17.8. The van der Waals surface area contributed by atoms with Crippen molar-refractivity contribution in [3.8, 4) is 16.9 Å². The van der Waals surface area contributed by atoms with Gasteiger partial charge >= 0.3 is 0 Å². The Hall–Kier alpha value is -4.08. The van der Waals surface area contributed by atoms with Crippen LogP contribution in [0.2, 0.25) is 5.02 Å². The van der Waals surface area contributed by atoms with Crippen molar-refractivity contribution in [2.45, 2.75) is 31.4 Å². The molecule has 0 saturated heterocycles. The molecule has 1 fully saturated rings. The van der Waals surface area contributed by atoms with E-state index < -0.39 is 23.7 Å². The van der Waals surface area contributed by atoms with Gasteiger partial charge in [-0.15, -0.1) is 0 Å². The molecule has 188 valence electrons. The molecule has 2 aromatic heterocycles. The maximum atomic E-state index is 14.6. The number of nitrogens with one attached hydrogen (secondary N) is 2. The number of para-hydroxylation sites is 1. The van der Waals surface area contributed by atoms with Crippen molar-refractivity contribution >= 4 is 29.2 Å². The zero-order valence-electron chi connectivity index (χ0n) is 19.6. The highest BCUT2D eigenvalue weighted by Gasteiger charge is 2.26. The molecule has 1 aliphatic carbocycles. The topological polar surface area (TPSA) is 109 Å². The normalized spacial score (nSPS) is 16.9. The lowest BCUT2D eigenvalue weighted by Gasteiger charge is -2.11. The van der Waals surface area contributed by atoms with E-state index in [2.05, 4.69) is 20.7 Å². The van der Waals surface area contributed by atoms with Crippen LogP contribution in [0.4, 0.5) is 10.2 Å². The zero-order valence-corrected chi connectivity index (χ0v) is 20.3. The molecule has 2 heterocycles. The average Bonchev–Trinajstić information content (AvgIpc) is 3.51. The van der Waals surface area contributed by atoms with E-state index in [4.69, 9.17) is 11.6 Å². The lowest BCUT2D eigenvalue weighted by atomic mass is 10.1. The van der Waals surface area contributed by atoms with E-state index in [-0.39, 0.29) is 33.7 Å². The molecular formula is C27H23ClFN5O3. The van der Waals surface area contributed by atoms with Crippen LogP contribution in [0.5, 0.6) is 0 Å². The Morgan fingerprint density at radius 2 is 1.81 bits per heavy atom. The number of carbonyl (C=O) groups is 2. The first-order valence-corrected chi connectivity index (χ1v) is 12.1. The third kappa shape index (κ3) is 5.37. The van der Waals surface area contributed by atoms with Gasteiger partial charge in [-0.05, 0) is 55.7 Å². The maximum Gasteiger partial charge on any atom is 0.272 e. The third-order valence-corrected chi connectivity index (χ3v) is 6.48. The van der Waals surface area contributed by atoms with E-state index in [1.165, 1.54) is 23.0 Å². The fourth-order valence-electron chi connectivity index (χ4n) is 4.32. The first kappa shape index (κ1) is 24.6. The number of carbonyl (C=O) groups excluding carboxylic acids is 2. The van der Waals surface area contributed by atoms with Crippen LogP contribution in [0, 0.1) is 5.82 Å². The summed E-state index contributed by atoms with van der Waals surface area (Å²) < 4.78 is 16.1. The van der Waals surface area contributed by atoms with Crippen molar-refractivity contribution in [3.05, 3.63) is 95.0 Å². The highest BCUT2D eigenvalue weighted by Crippen LogP contribution is 2.29. The Balaban J connectivity index is 1.46. The number of halogens is 2. The van der Waals surface area contributed by atoms with Gasteiger partial charge < -0.3 is 15.7 Å². The Morgan fingerprint density at radius 3 is 2.51 bits per heavy atom. The van der Waals surface area contributed by atoms with Crippen LogP contribution in [0.1, 0.15) is 40.1 Å². The van der Waals surface area contributed by atoms with E-state index in [0.717, 1.165) is 6.07 Å². The Bertz CT molecular complexity index is 1450. The molecular weight excluding hydrogens is 497 g/mol. The SMILES string of the molecule is O=C(N[C@H]1CC[C@@H](O)C1)c1cc(NC(=O)c2cc(-c3ccccn3)c(F)cc2Cl)n(-c2ccccc2)n1. The highest BCUT2D eigenvalue weighted by molar-refractivity contribution is 6.34. The average molecular weight is 520 g/mol. The van der Waals surface area contributed by atoms with Gasteiger partial charge in [0.15, 0.2) is 5.69 Å². The van der Waals surface area contributed by atoms with Crippen molar-refractivity contribution in [1.82, 2.24) is 20.1 Å². The molecule has 2 aromatic carbocycles. The van der Waals surface area contributed by atoms with Crippen LogP contribution in [-0.4, -0.2) is 43.8 Å². The summed E-state index contributed by atoms with van der Waals surface area (Å²) in [5.74, 6) is -1.40. The smallest absolute Gasteiger partial charge is 0.272 e. The number of amides is 2. The van der Waals surface area contributed by atoms with E-state index in [1.807, 2.05) is 6.07 Å². The molecule has 5 rings (SSSR count). The molecule has 0 radical (unpaired) electrons. The maximum absolute atomic E-state index is 14.6. The number of aliphatic hydroxyl groups is 1. The second-order valence-electron chi connectivity index (χ2n) is 8.78. The summed E-state index contributed by atoms with van der Waals surface area (Å²) in [5.41, 5.74) is 1.24. The van der Waals surface area contributed by atoms with Crippen molar-refractivity contribution < 1.29 is 19.1 Å². The van der Waals surface area contributed by atoms with Gasteiger partial charge in [0.1, 0.15) is 11.6 Å². The summed E-state index contributed by atoms with van der Waals surface area (Å²) >= 11 is 6.24. The van der Waals surface area contributed by atoms with Crippen molar-refractivity contribution in [2.24, 2.45) is 0 Å². The van der Waals surface area contributed by atoms with Gasteiger partial charge in [0.2, 0.25) is 0 Å². The predicted molar refractivity (Wildman–Crippen MR) is 137 cm³/mol. The lowest BCUT2D eigenvalue weighted by molar-refractivity contribution is 0.0927. The number of anilines is 1. The molecule has 4 aromatic rings.